The summed E-state index contributed by atoms with van der Waals surface area (Å²) in [6.45, 7) is 4.06. The first-order valence-electron chi connectivity index (χ1n) is 7.51. The van der Waals surface area contributed by atoms with Crippen LogP contribution in [0.25, 0.3) is 10.9 Å². The molecule has 2 aromatic carbocycles. The molecule has 3 rings (SSSR count). The average Bonchev–Trinajstić information content (AvgIpc) is 2.95. The molecule has 0 saturated heterocycles. The van der Waals surface area contributed by atoms with Crippen LogP contribution in [0.3, 0.4) is 0 Å². The molecular formula is C19H20N2O2. The van der Waals surface area contributed by atoms with Crippen LogP contribution in [-0.2, 0) is 0 Å². The number of aromatic nitrogens is 1. The Morgan fingerprint density at radius 3 is 2.39 bits per heavy atom. The predicted octanol–water partition coefficient (Wildman–Crippen LogP) is 4.07. The summed E-state index contributed by atoms with van der Waals surface area (Å²) in [5.41, 5.74) is 4.63. The smallest absolute Gasteiger partial charge is 0.274 e. The first kappa shape index (κ1) is 15.2. The van der Waals surface area contributed by atoms with Crippen LogP contribution in [-0.4, -0.2) is 25.0 Å². The number of ether oxygens (including phenoxy) is 1. The number of amides is 1. The highest BCUT2D eigenvalue weighted by atomic mass is 16.5. The van der Waals surface area contributed by atoms with E-state index in [1.54, 1.807) is 19.1 Å². The van der Waals surface area contributed by atoms with Gasteiger partial charge in [0.25, 0.3) is 5.91 Å². The third kappa shape index (κ3) is 2.93. The number of nitrogens with one attached hydrogen (secondary N) is 1. The van der Waals surface area contributed by atoms with Crippen molar-refractivity contribution >= 4 is 22.5 Å². The summed E-state index contributed by atoms with van der Waals surface area (Å²) in [7, 11) is 3.42. The number of fused-ring (bicyclic) bond motifs is 1. The minimum absolute atomic E-state index is 0.0647. The van der Waals surface area contributed by atoms with Crippen molar-refractivity contribution in [3.05, 3.63) is 59.3 Å². The van der Waals surface area contributed by atoms with E-state index in [0.29, 0.717) is 5.69 Å². The normalized spacial score (nSPS) is 10.8. The van der Waals surface area contributed by atoms with E-state index < -0.39 is 0 Å². The minimum atomic E-state index is -0.0647. The molecule has 0 radical (unpaired) electrons. The summed E-state index contributed by atoms with van der Waals surface area (Å²) >= 11 is 0. The van der Waals surface area contributed by atoms with E-state index in [0.717, 1.165) is 33.5 Å². The fourth-order valence-corrected chi connectivity index (χ4v) is 2.79. The van der Waals surface area contributed by atoms with Crippen LogP contribution in [0.2, 0.25) is 0 Å². The van der Waals surface area contributed by atoms with Gasteiger partial charge in [-0.2, -0.15) is 0 Å². The third-order valence-corrected chi connectivity index (χ3v) is 3.96. The lowest BCUT2D eigenvalue weighted by Crippen LogP contribution is -2.26. The van der Waals surface area contributed by atoms with Crippen LogP contribution in [0.4, 0.5) is 5.69 Å². The number of nitrogens with zero attached hydrogens (tertiary/aromatic N) is 1. The van der Waals surface area contributed by atoms with Gasteiger partial charge in [0.05, 0.1) is 7.11 Å². The van der Waals surface area contributed by atoms with Crippen LogP contribution in [0, 0.1) is 13.8 Å². The van der Waals surface area contributed by atoms with E-state index in [9.17, 15) is 4.79 Å². The molecule has 4 nitrogen and oxygen atoms in total. The van der Waals surface area contributed by atoms with Crippen LogP contribution >= 0.6 is 0 Å². The van der Waals surface area contributed by atoms with Gasteiger partial charge in [0, 0.05) is 29.7 Å². The Balaban J connectivity index is 1.95. The van der Waals surface area contributed by atoms with E-state index in [4.69, 9.17) is 4.74 Å². The number of rotatable bonds is 3. The Morgan fingerprint density at radius 1 is 1.04 bits per heavy atom. The van der Waals surface area contributed by atoms with Gasteiger partial charge in [-0.3, -0.25) is 4.79 Å². The SMILES string of the molecule is COc1ccc2cc(C(=O)N(C)c3cc(C)cc(C)c3)[nH]c2c1. The highest BCUT2D eigenvalue weighted by Gasteiger charge is 2.16. The van der Waals surface area contributed by atoms with Gasteiger partial charge in [-0.05, 0) is 55.3 Å². The standard InChI is InChI=1S/C19H20N2O2/c1-12-7-13(2)9-15(8-12)21(3)19(22)18-10-14-5-6-16(23-4)11-17(14)20-18/h5-11,20H,1-4H3. The van der Waals surface area contributed by atoms with E-state index >= 15 is 0 Å². The quantitative estimate of drug-likeness (QED) is 0.792. The molecular weight excluding hydrogens is 288 g/mol. The van der Waals surface area contributed by atoms with Crippen LogP contribution in [0.1, 0.15) is 21.6 Å². The van der Waals surface area contributed by atoms with Crippen molar-refractivity contribution in [2.24, 2.45) is 0 Å². The molecule has 0 aliphatic heterocycles. The maximum absolute atomic E-state index is 12.8. The van der Waals surface area contributed by atoms with Crippen LogP contribution < -0.4 is 9.64 Å². The molecule has 3 aromatic rings. The molecule has 23 heavy (non-hydrogen) atoms. The topological polar surface area (TPSA) is 45.3 Å². The summed E-state index contributed by atoms with van der Waals surface area (Å²) in [5.74, 6) is 0.700. The minimum Gasteiger partial charge on any atom is -0.497 e. The summed E-state index contributed by atoms with van der Waals surface area (Å²) in [4.78, 5) is 17.6. The number of carbonyl (C=O) groups excluding carboxylic acids is 1. The van der Waals surface area contributed by atoms with Gasteiger partial charge >= 0.3 is 0 Å². The monoisotopic (exact) mass is 308 g/mol. The highest BCUT2D eigenvalue weighted by molar-refractivity contribution is 6.07. The van der Waals surface area contributed by atoms with Crippen molar-refractivity contribution in [3.63, 3.8) is 0 Å². The third-order valence-electron chi connectivity index (χ3n) is 3.96. The summed E-state index contributed by atoms with van der Waals surface area (Å²) < 4.78 is 5.22. The first-order valence-corrected chi connectivity index (χ1v) is 7.51. The molecule has 0 spiro atoms. The van der Waals surface area contributed by atoms with Crippen molar-refractivity contribution < 1.29 is 9.53 Å². The average molecular weight is 308 g/mol. The van der Waals surface area contributed by atoms with Gasteiger partial charge < -0.3 is 14.6 Å². The maximum atomic E-state index is 12.8. The van der Waals surface area contributed by atoms with Crippen molar-refractivity contribution in [1.82, 2.24) is 4.98 Å². The van der Waals surface area contributed by atoms with Gasteiger partial charge in [0.1, 0.15) is 11.4 Å². The number of carbonyl (C=O) groups is 1. The molecule has 0 fully saturated rings. The number of anilines is 1. The largest absolute Gasteiger partial charge is 0.497 e. The van der Waals surface area contributed by atoms with Crippen molar-refractivity contribution in [2.75, 3.05) is 19.1 Å². The molecule has 1 heterocycles. The Morgan fingerprint density at radius 2 is 1.74 bits per heavy atom. The second kappa shape index (κ2) is 5.80. The predicted molar refractivity (Wildman–Crippen MR) is 93.5 cm³/mol. The molecule has 118 valence electrons. The lowest BCUT2D eigenvalue weighted by atomic mass is 10.1. The van der Waals surface area contributed by atoms with Gasteiger partial charge in [0.15, 0.2) is 0 Å². The van der Waals surface area contributed by atoms with E-state index in [1.807, 2.05) is 50.2 Å². The van der Waals surface area contributed by atoms with Crippen LogP contribution in [0.15, 0.2) is 42.5 Å². The summed E-state index contributed by atoms with van der Waals surface area (Å²) in [5, 5.41) is 0.989. The number of methoxy groups -OCH3 is 1. The van der Waals surface area contributed by atoms with Crippen molar-refractivity contribution in [2.45, 2.75) is 13.8 Å². The van der Waals surface area contributed by atoms with Gasteiger partial charge in [-0.15, -0.1) is 0 Å². The first-order chi connectivity index (χ1) is 11.0. The van der Waals surface area contributed by atoms with E-state index in [2.05, 4.69) is 11.1 Å². The Hall–Kier alpha value is -2.75. The molecule has 1 N–H and O–H groups in total. The molecule has 4 heteroatoms. The Bertz CT molecular complexity index is 860. The number of aromatic amines is 1. The molecule has 1 amide bonds. The molecule has 0 unspecified atom stereocenters. The lowest BCUT2D eigenvalue weighted by molar-refractivity contribution is 0.0989. The number of benzene rings is 2. The zero-order chi connectivity index (χ0) is 16.6. The number of hydrogen-bond donors (Lipinski definition) is 1. The lowest BCUT2D eigenvalue weighted by Gasteiger charge is -2.17. The maximum Gasteiger partial charge on any atom is 0.274 e. The zero-order valence-electron chi connectivity index (χ0n) is 13.8. The fraction of sp³-hybridized carbons (Fsp3) is 0.211. The number of H-pyrrole nitrogens is 1. The molecule has 0 bridgehead atoms. The summed E-state index contributed by atoms with van der Waals surface area (Å²) in [6.07, 6.45) is 0. The van der Waals surface area contributed by atoms with Crippen molar-refractivity contribution in [3.8, 4) is 5.75 Å². The van der Waals surface area contributed by atoms with Crippen molar-refractivity contribution in [1.29, 1.82) is 0 Å². The summed E-state index contributed by atoms with van der Waals surface area (Å²) in [6, 6.07) is 13.7. The highest BCUT2D eigenvalue weighted by Crippen LogP contribution is 2.24. The second-order valence-electron chi connectivity index (χ2n) is 5.85. The zero-order valence-corrected chi connectivity index (χ0v) is 13.8. The Labute approximate surface area is 135 Å². The van der Waals surface area contributed by atoms with Gasteiger partial charge in [-0.1, -0.05) is 6.07 Å². The number of hydrogen-bond acceptors (Lipinski definition) is 2. The fourth-order valence-electron chi connectivity index (χ4n) is 2.79. The number of aryl methyl sites for hydroxylation is 2. The van der Waals surface area contributed by atoms with Gasteiger partial charge in [-0.25, -0.2) is 0 Å². The second-order valence-corrected chi connectivity index (χ2v) is 5.85. The van der Waals surface area contributed by atoms with E-state index in [-0.39, 0.29) is 5.91 Å². The molecule has 0 aliphatic rings. The molecule has 0 aliphatic carbocycles. The molecule has 1 aromatic heterocycles. The van der Waals surface area contributed by atoms with Crippen LogP contribution in [0.5, 0.6) is 5.75 Å². The Kier molecular flexibility index (Phi) is 3.82. The molecule has 0 saturated carbocycles. The van der Waals surface area contributed by atoms with Gasteiger partial charge in [0.2, 0.25) is 0 Å². The van der Waals surface area contributed by atoms with E-state index in [1.165, 1.54) is 0 Å². The molecule has 0 atom stereocenters.